The molecule has 7 heteroatoms. The Morgan fingerprint density at radius 3 is 2.73 bits per heavy atom. The zero-order valence-corrected chi connectivity index (χ0v) is 13.1. The number of likely N-dealkylation sites (N-methyl/N-ethyl adjacent to an activating group) is 1. The maximum Gasteiger partial charge on any atom is 0.265 e. The van der Waals surface area contributed by atoms with Crippen LogP contribution in [0.4, 0.5) is 0 Å². The number of benzene rings is 1. The molecule has 2 N–H and O–H groups in total. The lowest BCUT2D eigenvalue weighted by molar-refractivity contribution is -0.128. The standard InChI is InChI=1S/C15H16N2O4S/c1-3-17-14(20)10(13(19)16-15(17)22)7-9-5-6-11(18)12(8-9)21-4-2/h5-8,18H,3-4H2,1-2H3,(H,16,19,22)/b10-7-. The third-order valence-electron chi connectivity index (χ3n) is 3.10. The number of hydrogen-bond donors (Lipinski definition) is 2. The molecule has 2 amide bonds. The van der Waals surface area contributed by atoms with Crippen LogP contribution in [0, 0.1) is 0 Å². The molecule has 0 spiro atoms. The quantitative estimate of drug-likeness (QED) is 0.498. The molecule has 0 aliphatic carbocycles. The van der Waals surface area contributed by atoms with Crippen LogP contribution >= 0.6 is 12.2 Å². The van der Waals surface area contributed by atoms with Gasteiger partial charge in [0, 0.05) is 6.54 Å². The molecule has 116 valence electrons. The van der Waals surface area contributed by atoms with E-state index in [4.69, 9.17) is 17.0 Å². The first-order valence-corrected chi connectivity index (χ1v) is 7.23. The molecule has 22 heavy (non-hydrogen) atoms. The van der Waals surface area contributed by atoms with Gasteiger partial charge < -0.3 is 9.84 Å². The second-order valence-corrected chi connectivity index (χ2v) is 4.91. The number of phenols is 1. The number of carbonyl (C=O) groups is 2. The summed E-state index contributed by atoms with van der Waals surface area (Å²) in [6, 6.07) is 4.61. The number of carbonyl (C=O) groups excluding carboxylic acids is 2. The second kappa shape index (κ2) is 6.57. The van der Waals surface area contributed by atoms with Crippen LogP contribution in [0.5, 0.6) is 11.5 Å². The zero-order valence-electron chi connectivity index (χ0n) is 12.3. The van der Waals surface area contributed by atoms with Crippen molar-refractivity contribution >= 4 is 35.2 Å². The van der Waals surface area contributed by atoms with Gasteiger partial charge in [-0.15, -0.1) is 0 Å². The van der Waals surface area contributed by atoms with Crippen LogP contribution in [0.1, 0.15) is 19.4 Å². The minimum absolute atomic E-state index is 0.000199. The molecular weight excluding hydrogens is 304 g/mol. The fourth-order valence-corrected chi connectivity index (χ4v) is 2.34. The number of phenolic OH excluding ortho intramolecular Hbond substituents is 1. The Bertz CT molecular complexity index is 670. The predicted octanol–water partition coefficient (Wildman–Crippen LogP) is 1.44. The van der Waals surface area contributed by atoms with Gasteiger partial charge in [0.2, 0.25) is 0 Å². The highest BCUT2D eigenvalue weighted by atomic mass is 32.1. The van der Waals surface area contributed by atoms with E-state index in [1.165, 1.54) is 17.0 Å². The summed E-state index contributed by atoms with van der Waals surface area (Å²) in [5.41, 5.74) is 0.562. The molecular formula is C15H16N2O4S. The Morgan fingerprint density at radius 1 is 1.36 bits per heavy atom. The number of nitrogens with one attached hydrogen (secondary N) is 1. The van der Waals surface area contributed by atoms with Crippen LogP contribution in [-0.4, -0.2) is 40.1 Å². The summed E-state index contributed by atoms with van der Waals surface area (Å²) >= 11 is 4.96. The molecule has 1 heterocycles. The summed E-state index contributed by atoms with van der Waals surface area (Å²) < 4.78 is 5.28. The van der Waals surface area contributed by atoms with E-state index in [0.29, 0.717) is 24.5 Å². The second-order valence-electron chi connectivity index (χ2n) is 4.53. The molecule has 0 aromatic heterocycles. The fraction of sp³-hybridized carbons (Fsp3) is 0.267. The average Bonchev–Trinajstić information content (AvgIpc) is 2.47. The van der Waals surface area contributed by atoms with E-state index in [0.717, 1.165) is 0 Å². The third-order valence-corrected chi connectivity index (χ3v) is 3.42. The number of thiocarbonyl (C=S) groups is 1. The number of rotatable bonds is 4. The van der Waals surface area contributed by atoms with Gasteiger partial charge in [0.15, 0.2) is 16.6 Å². The van der Waals surface area contributed by atoms with Crippen molar-refractivity contribution in [2.75, 3.05) is 13.2 Å². The Hall–Kier alpha value is -2.41. The summed E-state index contributed by atoms with van der Waals surface area (Å²) in [5.74, 6) is -0.684. The molecule has 1 fully saturated rings. The molecule has 1 aromatic carbocycles. The summed E-state index contributed by atoms with van der Waals surface area (Å²) in [6.45, 7) is 4.33. The van der Waals surface area contributed by atoms with Gasteiger partial charge in [0.25, 0.3) is 11.8 Å². The lowest BCUT2D eigenvalue weighted by Gasteiger charge is -2.27. The van der Waals surface area contributed by atoms with E-state index >= 15 is 0 Å². The van der Waals surface area contributed by atoms with E-state index in [1.54, 1.807) is 26.0 Å². The molecule has 0 bridgehead atoms. The molecule has 1 saturated heterocycles. The fourth-order valence-electron chi connectivity index (χ4n) is 2.04. The molecule has 1 aliphatic heterocycles. The zero-order chi connectivity index (χ0) is 16.3. The minimum Gasteiger partial charge on any atom is -0.504 e. The van der Waals surface area contributed by atoms with Crippen molar-refractivity contribution in [1.29, 1.82) is 0 Å². The SMILES string of the molecule is CCOc1cc(/C=C2/C(=O)NC(=S)N(CC)C2=O)ccc1O. The van der Waals surface area contributed by atoms with Gasteiger partial charge in [0.05, 0.1) is 6.61 Å². The molecule has 6 nitrogen and oxygen atoms in total. The van der Waals surface area contributed by atoms with Crippen molar-refractivity contribution in [2.24, 2.45) is 0 Å². The van der Waals surface area contributed by atoms with Crippen molar-refractivity contribution in [2.45, 2.75) is 13.8 Å². The number of amides is 2. The van der Waals surface area contributed by atoms with Gasteiger partial charge in [-0.25, -0.2) is 0 Å². The number of aromatic hydroxyl groups is 1. The van der Waals surface area contributed by atoms with E-state index in [2.05, 4.69) is 5.32 Å². The van der Waals surface area contributed by atoms with Crippen LogP contribution in [0.25, 0.3) is 6.08 Å². The number of nitrogens with zero attached hydrogens (tertiary/aromatic N) is 1. The molecule has 0 saturated carbocycles. The van der Waals surface area contributed by atoms with E-state index in [9.17, 15) is 14.7 Å². The van der Waals surface area contributed by atoms with E-state index < -0.39 is 11.8 Å². The number of ether oxygens (including phenoxy) is 1. The summed E-state index contributed by atoms with van der Waals surface area (Å²) in [6.07, 6.45) is 1.45. The van der Waals surface area contributed by atoms with E-state index in [-0.39, 0.29) is 16.4 Å². The van der Waals surface area contributed by atoms with Crippen molar-refractivity contribution < 1.29 is 19.4 Å². The lowest BCUT2D eigenvalue weighted by Crippen LogP contribution is -2.53. The van der Waals surface area contributed by atoms with Crippen LogP contribution in [0.3, 0.4) is 0 Å². The van der Waals surface area contributed by atoms with Gasteiger partial charge in [-0.3, -0.25) is 19.8 Å². The third kappa shape index (κ3) is 3.09. The van der Waals surface area contributed by atoms with Gasteiger partial charge in [-0.2, -0.15) is 0 Å². The van der Waals surface area contributed by atoms with Crippen LogP contribution in [0.15, 0.2) is 23.8 Å². The van der Waals surface area contributed by atoms with Crippen LogP contribution in [-0.2, 0) is 9.59 Å². The molecule has 0 atom stereocenters. The Kier molecular flexibility index (Phi) is 4.77. The number of hydrogen-bond acceptors (Lipinski definition) is 5. The van der Waals surface area contributed by atoms with Crippen molar-refractivity contribution in [3.05, 3.63) is 29.3 Å². The maximum absolute atomic E-state index is 12.3. The first-order chi connectivity index (χ1) is 10.5. The van der Waals surface area contributed by atoms with Gasteiger partial charge in [-0.1, -0.05) is 6.07 Å². The minimum atomic E-state index is -0.536. The first kappa shape index (κ1) is 16.0. The predicted molar refractivity (Wildman–Crippen MR) is 85.4 cm³/mol. The molecule has 1 aliphatic rings. The Labute approximate surface area is 133 Å². The average molecular weight is 320 g/mol. The van der Waals surface area contributed by atoms with Gasteiger partial charge >= 0.3 is 0 Å². The normalized spacial score (nSPS) is 16.9. The smallest absolute Gasteiger partial charge is 0.265 e. The van der Waals surface area contributed by atoms with Crippen molar-refractivity contribution in [3.63, 3.8) is 0 Å². The highest BCUT2D eigenvalue weighted by molar-refractivity contribution is 7.80. The van der Waals surface area contributed by atoms with Crippen LogP contribution in [0.2, 0.25) is 0 Å². The van der Waals surface area contributed by atoms with Crippen molar-refractivity contribution in [3.8, 4) is 11.5 Å². The van der Waals surface area contributed by atoms with Crippen LogP contribution < -0.4 is 10.1 Å². The summed E-state index contributed by atoms with van der Waals surface area (Å²) in [5, 5.41) is 12.3. The highest BCUT2D eigenvalue weighted by Crippen LogP contribution is 2.28. The molecule has 0 unspecified atom stereocenters. The molecule has 0 radical (unpaired) electrons. The van der Waals surface area contributed by atoms with Gasteiger partial charge in [-0.05, 0) is 49.8 Å². The summed E-state index contributed by atoms with van der Waals surface area (Å²) in [4.78, 5) is 25.6. The molecule has 2 rings (SSSR count). The maximum atomic E-state index is 12.3. The van der Waals surface area contributed by atoms with E-state index in [1.807, 2.05) is 0 Å². The monoisotopic (exact) mass is 320 g/mol. The highest BCUT2D eigenvalue weighted by Gasteiger charge is 2.32. The summed E-state index contributed by atoms with van der Waals surface area (Å²) in [7, 11) is 0. The van der Waals surface area contributed by atoms with Crippen molar-refractivity contribution in [1.82, 2.24) is 10.2 Å². The van der Waals surface area contributed by atoms with Gasteiger partial charge in [0.1, 0.15) is 5.57 Å². The molecule has 1 aromatic rings. The topological polar surface area (TPSA) is 78.9 Å². The lowest BCUT2D eigenvalue weighted by atomic mass is 10.1. The largest absolute Gasteiger partial charge is 0.504 e. The first-order valence-electron chi connectivity index (χ1n) is 6.82. The Morgan fingerprint density at radius 2 is 2.09 bits per heavy atom. The Balaban J connectivity index is 2.39.